The normalized spacial score (nSPS) is 10.8. The van der Waals surface area contributed by atoms with E-state index in [0.717, 1.165) is 15.6 Å². The molecule has 0 unspecified atom stereocenters. The first-order valence-electron chi connectivity index (χ1n) is 9.11. The predicted octanol–water partition coefficient (Wildman–Crippen LogP) is 5.49. The van der Waals surface area contributed by atoms with Crippen molar-refractivity contribution in [2.45, 2.75) is 27.0 Å². The van der Waals surface area contributed by atoms with E-state index in [4.69, 9.17) is 9.84 Å². The van der Waals surface area contributed by atoms with E-state index >= 15 is 0 Å². The predicted molar refractivity (Wildman–Crippen MR) is 110 cm³/mol. The fraction of sp³-hybridized carbons (Fsp3) is 0.238. The Kier molecular flexibility index (Phi) is 6.83. The number of hydrogen-bond donors (Lipinski definition) is 1. The summed E-state index contributed by atoms with van der Waals surface area (Å²) < 4.78 is 35.5. The Hall–Kier alpha value is -3.20. The molecule has 0 saturated carbocycles. The fourth-order valence-electron chi connectivity index (χ4n) is 2.88. The first-order chi connectivity index (χ1) is 14.4. The van der Waals surface area contributed by atoms with E-state index in [1.807, 2.05) is 11.8 Å². The van der Waals surface area contributed by atoms with Gasteiger partial charge in [-0.3, -0.25) is 0 Å². The van der Waals surface area contributed by atoms with Gasteiger partial charge in [0.15, 0.2) is 11.5 Å². The van der Waals surface area contributed by atoms with E-state index in [9.17, 15) is 13.6 Å². The lowest BCUT2D eigenvalue weighted by Crippen LogP contribution is -2.16. The highest BCUT2D eigenvalue weighted by molar-refractivity contribution is 7.11. The van der Waals surface area contributed by atoms with E-state index in [1.165, 1.54) is 29.5 Å². The van der Waals surface area contributed by atoms with Crippen LogP contribution in [0.1, 0.15) is 27.2 Å². The second-order valence-electron chi connectivity index (χ2n) is 6.23. The summed E-state index contributed by atoms with van der Waals surface area (Å²) in [4.78, 5) is 18.4. The number of carboxylic acid groups (broad SMARTS) is 1. The minimum Gasteiger partial charge on any atom is -0.490 e. The number of aromatic carboxylic acids is 1. The molecule has 9 heteroatoms. The first kappa shape index (κ1) is 21.5. The van der Waals surface area contributed by atoms with Crippen molar-refractivity contribution in [3.8, 4) is 11.5 Å². The van der Waals surface area contributed by atoms with Crippen LogP contribution < -0.4 is 14.4 Å². The zero-order valence-corrected chi connectivity index (χ0v) is 17.2. The van der Waals surface area contributed by atoms with Gasteiger partial charge in [-0.05, 0) is 50.2 Å². The second kappa shape index (κ2) is 9.53. The van der Waals surface area contributed by atoms with Gasteiger partial charge in [-0.2, -0.15) is 8.78 Å². The molecule has 1 aromatic heterocycles. The molecule has 3 rings (SSSR count). The number of benzene rings is 2. The standard InChI is InChI=1S/C21H20F2N2O4S/c1-3-28-19-10-16(8-9-18(19)29-21(22)23)25(12-17-11-24-13(2)30-17)15-6-4-14(5-7-15)20(26)27/h4-11,21H,3,12H2,1-2H3,(H,26,27). The SMILES string of the molecule is CCOc1cc(N(Cc2cnc(C)s2)c2ccc(C(=O)O)cc2)ccc1OC(F)F. The Balaban J connectivity index is 2.02. The number of ether oxygens (including phenoxy) is 2. The zero-order chi connectivity index (χ0) is 21.7. The maximum absolute atomic E-state index is 12.7. The van der Waals surface area contributed by atoms with Crippen LogP contribution in [0.25, 0.3) is 0 Å². The van der Waals surface area contributed by atoms with Crippen LogP contribution in [0, 0.1) is 6.92 Å². The maximum Gasteiger partial charge on any atom is 0.387 e. The highest BCUT2D eigenvalue weighted by Gasteiger charge is 2.17. The van der Waals surface area contributed by atoms with Gasteiger partial charge in [0.1, 0.15) is 0 Å². The lowest BCUT2D eigenvalue weighted by Gasteiger charge is -2.25. The van der Waals surface area contributed by atoms with Crippen LogP contribution in [0.3, 0.4) is 0 Å². The average Bonchev–Trinajstić information content (AvgIpc) is 3.12. The summed E-state index contributed by atoms with van der Waals surface area (Å²) in [6, 6.07) is 11.1. The number of alkyl halides is 2. The molecule has 0 bridgehead atoms. The Labute approximate surface area is 176 Å². The molecule has 1 heterocycles. The summed E-state index contributed by atoms with van der Waals surface area (Å²) in [6.45, 7) is 1.43. The molecule has 0 aliphatic rings. The van der Waals surface area contributed by atoms with Crippen molar-refractivity contribution in [2.24, 2.45) is 0 Å². The molecule has 6 nitrogen and oxygen atoms in total. The van der Waals surface area contributed by atoms with Crippen molar-refractivity contribution in [2.75, 3.05) is 11.5 Å². The molecule has 30 heavy (non-hydrogen) atoms. The Morgan fingerprint density at radius 3 is 2.43 bits per heavy atom. The van der Waals surface area contributed by atoms with Crippen LogP contribution in [0.4, 0.5) is 20.2 Å². The van der Waals surface area contributed by atoms with Gasteiger partial charge in [0.25, 0.3) is 0 Å². The minimum atomic E-state index is -2.96. The van der Waals surface area contributed by atoms with Gasteiger partial charge in [-0.1, -0.05) is 0 Å². The number of nitrogens with zero attached hydrogens (tertiary/aromatic N) is 2. The fourth-order valence-corrected chi connectivity index (χ4v) is 3.66. The lowest BCUT2D eigenvalue weighted by atomic mass is 10.1. The molecule has 1 N–H and O–H groups in total. The third-order valence-electron chi connectivity index (χ3n) is 4.16. The number of aryl methyl sites for hydroxylation is 1. The molecule has 0 amide bonds. The molecule has 0 atom stereocenters. The molecular formula is C21H20F2N2O4S. The molecular weight excluding hydrogens is 414 g/mol. The van der Waals surface area contributed by atoms with Crippen molar-refractivity contribution in [3.63, 3.8) is 0 Å². The number of hydrogen-bond acceptors (Lipinski definition) is 6. The van der Waals surface area contributed by atoms with Gasteiger partial charge in [-0.15, -0.1) is 11.3 Å². The molecule has 3 aromatic rings. The Morgan fingerprint density at radius 2 is 1.87 bits per heavy atom. The van der Waals surface area contributed by atoms with Crippen molar-refractivity contribution in [1.82, 2.24) is 4.98 Å². The van der Waals surface area contributed by atoms with E-state index in [2.05, 4.69) is 9.72 Å². The van der Waals surface area contributed by atoms with Crippen molar-refractivity contribution in [1.29, 1.82) is 0 Å². The molecule has 0 fully saturated rings. The van der Waals surface area contributed by atoms with Crippen molar-refractivity contribution >= 4 is 28.7 Å². The summed E-state index contributed by atoms with van der Waals surface area (Å²) in [5.41, 5.74) is 1.58. The average molecular weight is 434 g/mol. The van der Waals surface area contributed by atoms with Gasteiger partial charge in [-0.25, -0.2) is 9.78 Å². The van der Waals surface area contributed by atoms with Crippen LogP contribution in [-0.4, -0.2) is 29.3 Å². The molecule has 2 aromatic carbocycles. The number of aromatic nitrogens is 1. The summed E-state index contributed by atoms with van der Waals surface area (Å²) in [7, 11) is 0. The lowest BCUT2D eigenvalue weighted by molar-refractivity contribution is -0.0514. The number of carboxylic acids is 1. The number of anilines is 2. The van der Waals surface area contributed by atoms with Gasteiger partial charge in [0, 0.05) is 28.5 Å². The third-order valence-corrected chi connectivity index (χ3v) is 5.06. The topological polar surface area (TPSA) is 71.9 Å². The summed E-state index contributed by atoms with van der Waals surface area (Å²) in [5, 5.41) is 10.1. The first-order valence-corrected chi connectivity index (χ1v) is 9.93. The number of halogens is 2. The maximum atomic E-state index is 12.7. The molecule has 158 valence electrons. The summed E-state index contributed by atoms with van der Waals surface area (Å²) >= 11 is 1.54. The van der Waals surface area contributed by atoms with Gasteiger partial charge >= 0.3 is 12.6 Å². The van der Waals surface area contributed by atoms with Crippen molar-refractivity contribution in [3.05, 3.63) is 64.1 Å². The molecule has 0 spiro atoms. The van der Waals surface area contributed by atoms with Crippen LogP contribution in [0.5, 0.6) is 11.5 Å². The molecule has 0 saturated heterocycles. The molecule has 0 radical (unpaired) electrons. The largest absolute Gasteiger partial charge is 0.490 e. The smallest absolute Gasteiger partial charge is 0.387 e. The van der Waals surface area contributed by atoms with E-state index in [1.54, 1.807) is 37.4 Å². The van der Waals surface area contributed by atoms with Gasteiger partial charge in [0.05, 0.1) is 23.7 Å². The quantitative estimate of drug-likeness (QED) is 0.480. The minimum absolute atomic E-state index is 0.0505. The monoisotopic (exact) mass is 434 g/mol. The Bertz CT molecular complexity index is 1010. The van der Waals surface area contributed by atoms with Gasteiger partial charge < -0.3 is 19.5 Å². The van der Waals surface area contributed by atoms with E-state index < -0.39 is 12.6 Å². The van der Waals surface area contributed by atoms with Gasteiger partial charge in [0.2, 0.25) is 0 Å². The molecule has 0 aliphatic carbocycles. The number of carbonyl (C=O) groups is 1. The van der Waals surface area contributed by atoms with Crippen LogP contribution >= 0.6 is 11.3 Å². The van der Waals surface area contributed by atoms with E-state index in [-0.39, 0.29) is 23.7 Å². The second-order valence-corrected chi connectivity index (χ2v) is 7.55. The Morgan fingerprint density at radius 1 is 1.17 bits per heavy atom. The number of rotatable bonds is 9. The highest BCUT2D eigenvalue weighted by atomic mass is 32.1. The van der Waals surface area contributed by atoms with Crippen LogP contribution in [0.15, 0.2) is 48.7 Å². The number of thiazole rings is 1. The van der Waals surface area contributed by atoms with Crippen LogP contribution in [0.2, 0.25) is 0 Å². The zero-order valence-electron chi connectivity index (χ0n) is 16.3. The van der Waals surface area contributed by atoms with E-state index in [0.29, 0.717) is 12.2 Å². The molecule has 0 aliphatic heterocycles. The summed E-state index contributed by atoms with van der Waals surface area (Å²) in [5.74, 6) is -0.869. The van der Waals surface area contributed by atoms with Crippen molar-refractivity contribution < 1.29 is 28.2 Å². The highest BCUT2D eigenvalue weighted by Crippen LogP contribution is 2.37. The van der Waals surface area contributed by atoms with Crippen LogP contribution in [-0.2, 0) is 6.54 Å². The third kappa shape index (κ3) is 5.24. The summed E-state index contributed by atoms with van der Waals surface area (Å²) in [6.07, 6.45) is 1.77.